The minimum atomic E-state index is -0.521. The number of nitrogens with one attached hydrogen (secondary N) is 1. The van der Waals surface area contributed by atoms with E-state index in [9.17, 15) is 10.1 Å². The summed E-state index contributed by atoms with van der Waals surface area (Å²) in [6, 6.07) is 9.95. The molecule has 1 aliphatic heterocycles. The highest BCUT2D eigenvalue weighted by atomic mass is 16.3. The Morgan fingerprint density at radius 3 is 2.89 bits per heavy atom. The summed E-state index contributed by atoms with van der Waals surface area (Å²) in [6.07, 6.45) is 4.29. The van der Waals surface area contributed by atoms with Crippen molar-refractivity contribution >= 4 is 34.8 Å². The molecule has 0 amide bonds. The van der Waals surface area contributed by atoms with E-state index in [1.807, 2.05) is 37.4 Å². The highest BCUT2D eigenvalue weighted by Crippen LogP contribution is 2.25. The lowest BCUT2D eigenvalue weighted by Crippen LogP contribution is -2.29. The molecule has 0 saturated carbocycles. The second-order valence-electron chi connectivity index (χ2n) is 7.57. The molecule has 0 bridgehead atoms. The standard InChI is InChI=1S/C21H25BN4O2/c1-14-18(22(2)28)4-3-5-19(14)25-21-20-16(6-8-23-21)10-15(11-24-20)12-26-9-7-17(27)13-26/h3-6,8,10-11,17,27-28H,7,9,12-13H2,1-2H3,(H,23,25)/t17-/m1/s1. The predicted octanol–water partition coefficient (Wildman–Crippen LogP) is 2.07. The van der Waals surface area contributed by atoms with Crippen LogP contribution in [-0.4, -0.2) is 51.1 Å². The summed E-state index contributed by atoms with van der Waals surface area (Å²) in [5.41, 5.74) is 4.75. The third-order valence-electron chi connectivity index (χ3n) is 5.39. The van der Waals surface area contributed by atoms with Gasteiger partial charge in [0.1, 0.15) is 5.52 Å². The van der Waals surface area contributed by atoms with Crippen molar-refractivity contribution in [1.29, 1.82) is 0 Å². The Morgan fingerprint density at radius 2 is 2.14 bits per heavy atom. The van der Waals surface area contributed by atoms with Crippen molar-refractivity contribution in [3.8, 4) is 0 Å². The summed E-state index contributed by atoms with van der Waals surface area (Å²) in [4.78, 5) is 11.4. The number of likely N-dealkylation sites (tertiary alicyclic amines) is 1. The molecule has 1 saturated heterocycles. The molecule has 144 valence electrons. The molecule has 0 unspecified atom stereocenters. The summed E-state index contributed by atoms with van der Waals surface area (Å²) in [5.74, 6) is 0.700. The number of rotatable bonds is 5. The fourth-order valence-electron chi connectivity index (χ4n) is 3.87. The van der Waals surface area contributed by atoms with Crippen LogP contribution < -0.4 is 10.8 Å². The van der Waals surface area contributed by atoms with Crippen LogP contribution in [-0.2, 0) is 6.54 Å². The van der Waals surface area contributed by atoms with Crippen molar-refractivity contribution < 1.29 is 10.1 Å². The molecule has 6 nitrogen and oxygen atoms in total. The Balaban J connectivity index is 1.61. The Labute approximate surface area is 165 Å². The number of aliphatic hydroxyl groups excluding tert-OH is 1. The van der Waals surface area contributed by atoms with Crippen molar-refractivity contribution in [3.63, 3.8) is 0 Å². The fourth-order valence-corrected chi connectivity index (χ4v) is 3.87. The smallest absolute Gasteiger partial charge is 0.320 e. The lowest BCUT2D eigenvalue weighted by atomic mass is 9.62. The second-order valence-corrected chi connectivity index (χ2v) is 7.57. The molecule has 0 radical (unpaired) electrons. The maximum absolute atomic E-state index is 9.96. The van der Waals surface area contributed by atoms with Crippen molar-refractivity contribution in [2.75, 3.05) is 18.4 Å². The number of fused-ring (bicyclic) bond motifs is 1. The third kappa shape index (κ3) is 3.87. The van der Waals surface area contributed by atoms with E-state index in [-0.39, 0.29) is 6.10 Å². The van der Waals surface area contributed by atoms with Crippen LogP contribution in [0.2, 0.25) is 6.82 Å². The van der Waals surface area contributed by atoms with Gasteiger partial charge in [-0.2, -0.15) is 0 Å². The number of hydrogen-bond acceptors (Lipinski definition) is 6. The van der Waals surface area contributed by atoms with Crippen LogP contribution in [0.4, 0.5) is 11.5 Å². The monoisotopic (exact) mass is 376 g/mol. The van der Waals surface area contributed by atoms with Crippen LogP contribution in [0.3, 0.4) is 0 Å². The molecule has 1 atom stereocenters. The minimum Gasteiger partial charge on any atom is -0.446 e. The van der Waals surface area contributed by atoms with E-state index in [4.69, 9.17) is 0 Å². The van der Waals surface area contributed by atoms with Crippen molar-refractivity contribution in [2.45, 2.75) is 32.8 Å². The summed E-state index contributed by atoms with van der Waals surface area (Å²) in [7, 11) is 0. The van der Waals surface area contributed by atoms with Crippen molar-refractivity contribution in [3.05, 3.63) is 53.9 Å². The van der Waals surface area contributed by atoms with E-state index < -0.39 is 6.92 Å². The van der Waals surface area contributed by atoms with E-state index in [1.54, 1.807) is 13.0 Å². The first kappa shape index (κ1) is 18.9. The highest BCUT2D eigenvalue weighted by Gasteiger charge is 2.20. The van der Waals surface area contributed by atoms with Gasteiger partial charge in [-0.15, -0.1) is 0 Å². The molecule has 0 aliphatic carbocycles. The van der Waals surface area contributed by atoms with E-state index in [1.165, 1.54) is 0 Å². The van der Waals surface area contributed by atoms with Gasteiger partial charge in [0.25, 0.3) is 0 Å². The molecule has 3 aromatic rings. The van der Waals surface area contributed by atoms with E-state index in [0.29, 0.717) is 5.82 Å². The van der Waals surface area contributed by atoms with Crippen LogP contribution in [0.5, 0.6) is 0 Å². The summed E-state index contributed by atoms with van der Waals surface area (Å²) >= 11 is 0. The molecular weight excluding hydrogens is 351 g/mol. The van der Waals surface area contributed by atoms with E-state index >= 15 is 0 Å². The highest BCUT2D eigenvalue weighted by molar-refractivity contribution is 6.65. The number of anilines is 2. The van der Waals surface area contributed by atoms with Gasteiger partial charge in [-0.05, 0) is 48.1 Å². The van der Waals surface area contributed by atoms with E-state index in [0.717, 1.165) is 59.2 Å². The Hall–Kier alpha value is -2.48. The lowest BCUT2D eigenvalue weighted by molar-refractivity contribution is 0.175. The van der Waals surface area contributed by atoms with Crippen LogP contribution in [0, 0.1) is 6.92 Å². The van der Waals surface area contributed by atoms with Crippen molar-refractivity contribution in [1.82, 2.24) is 14.9 Å². The first-order chi connectivity index (χ1) is 13.5. The maximum Gasteiger partial charge on any atom is 0.320 e. The normalized spacial score (nSPS) is 17.2. The Morgan fingerprint density at radius 1 is 1.29 bits per heavy atom. The third-order valence-corrected chi connectivity index (χ3v) is 5.39. The van der Waals surface area contributed by atoms with Crippen LogP contribution in [0.15, 0.2) is 42.7 Å². The molecule has 2 aromatic heterocycles. The van der Waals surface area contributed by atoms with Crippen molar-refractivity contribution in [2.24, 2.45) is 0 Å². The van der Waals surface area contributed by atoms with Crippen LogP contribution in [0.25, 0.3) is 10.9 Å². The van der Waals surface area contributed by atoms with Gasteiger partial charge in [0.2, 0.25) is 0 Å². The molecule has 0 spiro atoms. The first-order valence-corrected chi connectivity index (χ1v) is 9.70. The van der Waals surface area contributed by atoms with Gasteiger partial charge in [-0.3, -0.25) is 9.88 Å². The van der Waals surface area contributed by atoms with Crippen LogP contribution >= 0.6 is 0 Å². The number of aliphatic hydroxyl groups is 1. The summed E-state index contributed by atoms with van der Waals surface area (Å²) in [5, 5.41) is 24.1. The zero-order chi connectivity index (χ0) is 19.7. The number of β-amino-alcohol motifs (C(OH)–C–C–N with tert-alkyl or cyclic N) is 1. The number of nitrogens with zero attached hydrogens (tertiary/aromatic N) is 3. The van der Waals surface area contributed by atoms with Gasteiger partial charge in [0, 0.05) is 43.1 Å². The fraction of sp³-hybridized carbons (Fsp3) is 0.333. The van der Waals surface area contributed by atoms with Gasteiger partial charge in [0.15, 0.2) is 5.82 Å². The maximum atomic E-state index is 9.96. The number of aromatic nitrogens is 2. The van der Waals surface area contributed by atoms with Gasteiger partial charge < -0.3 is 15.4 Å². The van der Waals surface area contributed by atoms with Gasteiger partial charge in [-0.25, -0.2) is 4.98 Å². The number of hydrogen-bond donors (Lipinski definition) is 3. The van der Waals surface area contributed by atoms with Crippen LogP contribution in [0.1, 0.15) is 17.5 Å². The molecule has 4 rings (SSSR count). The predicted molar refractivity (Wildman–Crippen MR) is 113 cm³/mol. The molecule has 1 aromatic carbocycles. The van der Waals surface area contributed by atoms with Gasteiger partial charge in [0.05, 0.1) is 6.10 Å². The zero-order valence-electron chi connectivity index (χ0n) is 16.3. The Bertz CT molecular complexity index is 995. The van der Waals surface area contributed by atoms with Gasteiger partial charge in [-0.1, -0.05) is 19.0 Å². The molecular formula is C21H25BN4O2. The topological polar surface area (TPSA) is 81.5 Å². The quantitative estimate of drug-likeness (QED) is 0.592. The minimum absolute atomic E-state index is 0.214. The molecule has 7 heteroatoms. The molecule has 3 heterocycles. The molecule has 1 aliphatic rings. The first-order valence-electron chi connectivity index (χ1n) is 9.70. The molecule has 3 N–H and O–H groups in total. The summed E-state index contributed by atoms with van der Waals surface area (Å²) < 4.78 is 0. The largest absolute Gasteiger partial charge is 0.446 e. The average molecular weight is 376 g/mol. The lowest BCUT2D eigenvalue weighted by Gasteiger charge is -2.16. The zero-order valence-corrected chi connectivity index (χ0v) is 16.3. The molecule has 28 heavy (non-hydrogen) atoms. The Kier molecular flexibility index (Phi) is 5.30. The van der Waals surface area contributed by atoms with Gasteiger partial charge >= 0.3 is 6.92 Å². The SMILES string of the molecule is CB(O)c1cccc(Nc2nccc3cc(CN4CC[C@@H](O)C4)cnc23)c1C. The second kappa shape index (κ2) is 7.87. The number of benzene rings is 1. The molecule has 1 fully saturated rings. The van der Waals surface area contributed by atoms with E-state index in [2.05, 4.69) is 26.3 Å². The summed E-state index contributed by atoms with van der Waals surface area (Å²) in [6.45, 7) is 5.67. The average Bonchev–Trinajstić information content (AvgIpc) is 3.08. The number of pyridine rings is 2.